The highest BCUT2D eigenvalue weighted by atomic mass is 16.2. The van der Waals surface area contributed by atoms with Crippen LogP contribution in [0.4, 0.5) is 4.79 Å². The van der Waals surface area contributed by atoms with Crippen molar-refractivity contribution in [2.45, 2.75) is 32.7 Å². The molecule has 0 unspecified atom stereocenters. The predicted molar refractivity (Wildman–Crippen MR) is 64.1 cm³/mol. The van der Waals surface area contributed by atoms with Gasteiger partial charge in [0.25, 0.3) is 0 Å². The maximum Gasteiger partial charge on any atom is 0.316 e. The fourth-order valence-electron chi connectivity index (χ4n) is 1.10. The number of nitrogens with one attached hydrogen (secondary N) is 1. The van der Waals surface area contributed by atoms with Gasteiger partial charge >= 0.3 is 6.03 Å². The van der Waals surface area contributed by atoms with Crippen molar-refractivity contribution >= 4 is 6.03 Å². The molecule has 0 spiro atoms. The van der Waals surface area contributed by atoms with Crippen LogP contribution in [0.15, 0.2) is 0 Å². The van der Waals surface area contributed by atoms with Gasteiger partial charge in [-0.25, -0.2) is 4.79 Å². The van der Waals surface area contributed by atoms with E-state index in [0.717, 1.165) is 25.9 Å². The van der Waals surface area contributed by atoms with Crippen LogP contribution in [-0.2, 0) is 0 Å². The molecule has 0 bridgehead atoms. The van der Waals surface area contributed by atoms with Crippen LogP contribution < -0.4 is 5.32 Å². The molecule has 4 heteroatoms. The summed E-state index contributed by atoms with van der Waals surface area (Å²) in [7, 11) is 5.63. The number of urea groups is 1. The summed E-state index contributed by atoms with van der Waals surface area (Å²) in [5.41, 5.74) is 0. The fraction of sp³-hybridized carbons (Fsp3) is 0.909. The SMILES string of the molecule is CC(C)N(C)CCCCNC(=O)N(C)C. The van der Waals surface area contributed by atoms with Crippen LogP contribution >= 0.6 is 0 Å². The zero-order chi connectivity index (χ0) is 11.8. The van der Waals surface area contributed by atoms with E-state index in [1.807, 2.05) is 0 Å². The van der Waals surface area contributed by atoms with Crippen molar-refractivity contribution in [3.63, 3.8) is 0 Å². The van der Waals surface area contributed by atoms with Gasteiger partial charge in [0.1, 0.15) is 0 Å². The molecule has 0 rings (SSSR count). The third-order valence-corrected chi connectivity index (χ3v) is 2.50. The molecule has 1 N–H and O–H groups in total. The molecule has 0 aliphatic carbocycles. The lowest BCUT2D eigenvalue weighted by Gasteiger charge is -2.20. The number of amides is 2. The van der Waals surface area contributed by atoms with E-state index in [-0.39, 0.29) is 6.03 Å². The molecule has 0 aromatic heterocycles. The number of unbranched alkanes of at least 4 members (excludes halogenated alkanes) is 1. The highest BCUT2D eigenvalue weighted by molar-refractivity contribution is 5.73. The highest BCUT2D eigenvalue weighted by Gasteiger charge is 2.03. The molecule has 0 heterocycles. The van der Waals surface area contributed by atoms with E-state index in [9.17, 15) is 4.79 Å². The molecule has 0 aliphatic heterocycles. The van der Waals surface area contributed by atoms with Gasteiger partial charge in [-0.1, -0.05) is 0 Å². The quantitative estimate of drug-likeness (QED) is 0.679. The van der Waals surface area contributed by atoms with E-state index < -0.39 is 0 Å². The van der Waals surface area contributed by atoms with Gasteiger partial charge in [0.15, 0.2) is 0 Å². The molecule has 0 aliphatic rings. The minimum Gasteiger partial charge on any atom is -0.338 e. The largest absolute Gasteiger partial charge is 0.338 e. The average Bonchev–Trinajstić information content (AvgIpc) is 2.16. The van der Waals surface area contributed by atoms with Crippen LogP contribution in [0.2, 0.25) is 0 Å². The van der Waals surface area contributed by atoms with E-state index >= 15 is 0 Å². The number of carbonyl (C=O) groups excluding carboxylic acids is 1. The molecule has 15 heavy (non-hydrogen) atoms. The summed E-state index contributed by atoms with van der Waals surface area (Å²) >= 11 is 0. The minimum atomic E-state index is -0.00721. The summed E-state index contributed by atoms with van der Waals surface area (Å²) in [6, 6.07) is 0.591. The molecule has 2 amide bonds. The monoisotopic (exact) mass is 215 g/mol. The molecule has 0 fully saturated rings. The molecule has 0 atom stereocenters. The first kappa shape index (κ1) is 14.2. The smallest absolute Gasteiger partial charge is 0.316 e. The van der Waals surface area contributed by atoms with Crippen LogP contribution in [0.25, 0.3) is 0 Å². The van der Waals surface area contributed by atoms with Crippen molar-refractivity contribution in [2.24, 2.45) is 0 Å². The van der Waals surface area contributed by atoms with Gasteiger partial charge in [-0.2, -0.15) is 0 Å². The van der Waals surface area contributed by atoms with Gasteiger partial charge in [-0.3, -0.25) is 0 Å². The van der Waals surface area contributed by atoms with Gasteiger partial charge < -0.3 is 15.1 Å². The van der Waals surface area contributed by atoms with E-state index in [1.54, 1.807) is 19.0 Å². The summed E-state index contributed by atoms with van der Waals surface area (Å²) in [4.78, 5) is 15.0. The lowest BCUT2D eigenvalue weighted by atomic mass is 10.2. The Hall–Kier alpha value is -0.770. The second-order valence-electron chi connectivity index (χ2n) is 4.41. The normalized spacial score (nSPS) is 10.9. The summed E-state index contributed by atoms with van der Waals surface area (Å²) in [6.07, 6.45) is 2.17. The van der Waals surface area contributed by atoms with Gasteiger partial charge in [-0.15, -0.1) is 0 Å². The summed E-state index contributed by atoms with van der Waals surface area (Å²) in [5.74, 6) is 0. The Balaban J connectivity index is 3.36. The van der Waals surface area contributed by atoms with Gasteiger partial charge in [0.2, 0.25) is 0 Å². The van der Waals surface area contributed by atoms with Gasteiger partial charge in [-0.05, 0) is 40.3 Å². The minimum absolute atomic E-state index is 0.00721. The standard InChI is InChI=1S/C11H25N3O/c1-10(2)14(5)9-7-6-8-12-11(15)13(3)4/h10H,6-9H2,1-5H3,(H,12,15). The van der Waals surface area contributed by atoms with Crippen LogP contribution in [-0.4, -0.2) is 56.1 Å². The van der Waals surface area contributed by atoms with Crippen LogP contribution in [0, 0.1) is 0 Å². The van der Waals surface area contributed by atoms with Crippen LogP contribution in [0.3, 0.4) is 0 Å². The first-order chi connectivity index (χ1) is 6.95. The summed E-state index contributed by atoms with van der Waals surface area (Å²) in [5, 5.41) is 2.85. The fourth-order valence-corrected chi connectivity index (χ4v) is 1.10. The van der Waals surface area contributed by atoms with Crippen molar-refractivity contribution in [3.8, 4) is 0 Å². The van der Waals surface area contributed by atoms with Crippen molar-refractivity contribution in [2.75, 3.05) is 34.2 Å². The van der Waals surface area contributed by atoms with Gasteiger partial charge in [0, 0.05) is 26.7 Å². The second kappa shape index (κ2) is 7.51. The Morgan fingerprint density at radius 1 is 1.20 bits per heavy atom. The number of carbonyl (C=O) groups is 1. The van der Waals surface area contributed by atoms with Crippen molar-refractivity contribution in [3.05, 3.63) is 0 Å². The third kappa shape index (κ3) is 7.19. The maximum absolute atomic E-state index is 11.2. The van der Waals surface area contributed by atoms with E-state index in [1.165, 1.54) is 0 Å². The second-order valence-corrected chi connectivity index (χ2v) is 4.41. The highest BCUT2D eigenvalue weighted by Crippen LogP contribution is 1.97. The number of hydrogen-bond donors (Lipinski definition) is 1. The Morgan fingerprint density at radius 2 is 1.80 bits per heavy atom. The Morgan fingerprint density at radius 3 is 2.27 bits per heavy atom. The van der Waals surface area contributed by atoms with Crippen LogP contribution in [0.5, 0.6) is 0 Å². The predicted octanol–water partition coefficient (Wildman–Crippen LogP) is 1.38. The Kier molecular flexibility index (Phi) is 7.13. The maximum atomic E-state index is 11.2. The van der Waals surface area contributed by atoms with E-state index in [2.05, 4.69) is 31.1 Å². The molecule has 0 saturated heterocycles. The number of rotatable bonds is 6. The average molecular weight is 215 g/mol. The first-order valence-electron chi connectivity index (χ1n) is 5.60. The Labute approximate surface area is 93.6 Å². The topological polar surface area (TPSA) is 35.6 Å². The van der Waals surface area contributed by atoms with E-state index in [4.69, 9.17) is 0 Å². The van der Waals surface area contributed by atoms with Crippen molar-refractivity contribution in [1.29, 1.82) is 0 Å². The molecular formula is C11H25N3O. The molecule has 0 saturated carbocycles. The molecule has 90 valence electrons. The van der Waals surface area contributed by atoms with Crippen LogP contribution in [0.1, 0.15) is 26.7 Å². The third-order valence-electron chi connectivity index (χ3n) is 2.50. The van der Waals surface area contributed by atoms with Crippen molar-refractivity contribution < 1.29 is 4.79 Å². The molecular weight excluding hydrogens is 190 g/mol. The van der Waals surface area contributed by atoms with Gasteiger partial charge in [0.05, 0.1) is 0 Å². The zero-order valence-corrected chi connectivity index (χ0v) is 10.7. The molecule has 0 aromatic carbocycles. The lowest BCUT2D eigenvalue weighted by Crippen LogP contribution is -2.35. The number of hydrogen-bond acceptors (Lipinski definition) is 2. The summed E-state index contributed by atoms with van der Waals surface area (Å²) < 4.78 is 0. The van der Waals surface area contributed by atoms with E-state index in [0.29, 0.717) is 6.04 Å². The summed E-state index contributed by atoms with van der Waals surface area (Å²) in [6.45, 7) is 6.24. The first-order valence-corrected chi connectivity index (χ1v) is 5.60. The molecule has 0 radical (unpaired) electrons. The lowest BCUT2D eigenvalue weighted by molar-refractivity contribution is 0.216. The Bertz CT molecular complexity index is 181. The molecule has 0 aromatic rings. The molecule has 4 nitrogen and oxygen atoms in total. The number of nitrogens with zero attached hydrogens (tertiary/aromatic N) is 2. The van der Waals surface area contributed by atoms with Crippen molar-refractivity contribution in [1.82, 2.24) is 15.1 Å². The zero-order valence-electron chi connectivity index (χ0n) is 10.7.